The van der Waals surface area contributed by atoms with Crippen molar-refractivity contribution < 1.29 is 0 Å². The highest BCUT2D eigenvalue weighted by Crippen LogP contribution is 1.87. The highest BCUT2D eigenvalue weighted by atomic mass is 15.4. The van der Waals surface area contributed by atoms with Crippen molar-refractivity contribution in [3.05, 3.63) is 12.8 Å². The van der Waals surface area contributed by atoms with Gasteiger partial charge in [0.1, 0.15) is 0 Å². The van der Waals surface area contributed by atoms with Gasteiger partial charge in [-0.1, -0.05) is 20.4 Å². The van der Waals surface area contributed by atoms with E-state index < -0.39 is 0 Å². The standard InChI is InChI=1S/C7H14N2/c1-5-9(4)8-6-7(2)3/h5-7H,1H2,2-4H3/b8-6-. The van der Waals surface area contributed by atoms with Gasteiger partial charge in [0.05, 0.1) is 0 Å². The number of nitrogens with zero attached hydrogens (tertiary/aromatic N) is 2. The van der Waals surface area contributed by atoms with Crippen LogP contribution in [-0.4, -0.2) is 18.3 Å². The lowest BCUT2D eigenvalue weighted by atomic mass is 10.3. The fourth-order valence-electron chi connectivity index (χ4n) is 0.286. The van der Waals surface area contributed by atoms with Crippen LogP contribution >= 0.6 is 0 Å². The molecule has 52 valence electrons. The molecule has 0 aliphatic heterocycles. The molecule has 2 nitrogen and oxygen atoms in total. The first kappa shape index (κ1) is 8.21. The van der Waals surface area contributed by atoms with E-state index in [0.29, 0.717) is 5.92 Å². The summed E-state index contributed by atoms with van der Waals surface area (Å²) in [6.07, 6.45) is 3.54. The minimum absolute atomic E-state index is 0.507. The molecule has 0 saturated heterocycles. The largest absolute Gasteiger partial charge is 0.277 e. The molecule has 2 heteroatoms. The first-order valence-electron chi connectivity index (χ1n) is 3.06. The van der Waals surface area contributed by atoms with Crippen LogP contribution in [0.1, 0.15) is 13.8 Å². The molecule has 0 aromatic carbocycles. The summed E-state index contributed by atoms with van der Waals surface area (Å²) in [6.45, 7) is 7.72. The topological polar surface area (TPSA) is 15.6 Å². The SMILES string of the molecule is C=CN(C)/N=C\C(C)C. The molecule has 0 heterocycles. The molecule has 0 aliphatic rings. The number of rotatable bonds is 3. The van der Waals surface area contributed by atoms with Gasteiger partial charge in [-0.05, 0) is 5.92 Å². The van der Waals surface area contributed by atoms with Gasteiger partial charge in [0.15, 0.2) is 0 Å². The van der Waals surface area contributed by atoms with Crippen LogP contribution in [0.15, 0.2) is 17.9 Å². The summed E-state index contributed by atoms with van der Waals surface area (Å²) in [5, 5.41) is 5.71. The van der Waals surface area contributed by atoms with Crippen LogP contribution in [-0.2, 0) is 0 Å². The van der Waals surface area contributed by atoms with E-state index in [2.05, 4.69) is 25.5 Å². The van der Waals surface area contributed by atoms with E-state index >= 15 is 0 Å². The van der Waals surface area contributed by atoms with Gasteiger partial charge in [-0.2, -0.15) is 5.10 Å². The monoisotopic (exact) mass is 126 g/mol. The first-order valence-corrected chi connectivity index (χ1v) is 3.06. The molecule has 0 bridgehead atoms. The number of hydrazone groups is 1. The Morgan fingerprint density at radius 3 is 2.44 bits per heavy atom. The van der Waals surface area contributed by atoms with Crippen LogP contribution in [0.25, 0.3) is 0 Å². The number of hydrogen-bond donors (Lipinski definition) is 0. The average molecular weight is 126 g/mol. The molecule has 0 N–H and O–H groups in total. The summed E-state index contributed by atoms with van der Waals surface area (Å²) < 4.78 is 0. The molecule has 9 heavy (non-hydrogen) atoms. The molecule has 0 saturated carbocycles. The van der Waals surface area contributed by atoms with Gasteiger partial charge in [-0.3, -0.25) is 5.01 Å². The van der Waals surface area contributed by atoms with E-state index in [9.17, 15) is 0 Å². The predicted octanol–water partition coefficient (Wildman–Crippen LogP) is 1.70. The van der Waals surface area contributed by atoms with E-state index in [1.165, 1.54) is 0 Å². The van der Waals surface area contributed by atoms with Gasteiger partial charge in [-0.15, -0.1) is 0 Å². The second kappa shape index (κ2) is 4.13. The molecule has 0 aromatic heterocycles. The fraction of sp³-hybridized carbons (Fsp3) is 0.571. The van der Waals surface area contributed by atoms with Gasteiger partial charge in [-0.25, -0.2) is 0 Å². The van der Waals surface area contributed by atoms with Gasteiger partial charge in [0, 0.05) is 19.5 Å². The summed E-state index contributed by atoms with van der Waals surface area (Å²) >= 11 is 0. The molecule has 0 radical (unpaired) electrons. The normalized spacial score (nSPS) is 10.7. The van der Waals surface area contributed by atoms with E-state index in [0.717, 1.165) is 0 Å². The summed E-state index contributed by atoms with van der Waals surface area (Å²) in [5.41, 5.74) is 0. The van der Waals surface area contributed by atoms with Crippen LogP contribution in [0, 0.1) is 5.92 Å². The molecule has 0 unspecified atom stereocenters. The Kier molecular flexibility index (Phi) is 3.76. The number of hydrogen-bond acceptors (Lipinski definition) is 2. The Bertz CT molecular complexity index is 105. The Balaban J connectivity index is 3.56. The molecule has 0 aromatic rings. The third-order valence-corrected chi connectivity index (χ3v) is 0.811. The van der Waals surface area contributed by atoms with Crippen molar-refractivity contribution in [2.75, 3.05) is 7.05 Å². The van der Waals surface area contributed by atoms with Crippen molar-refractivity contribution in [2.24, 2.45) is 11.0 Å². The van der Waals surface area contributed by atoms with Gasteiger partial charge in [0.25, 0.3) is 0 Å². The maximum atomic E-state index is 4.03. The molecule has 0 aliphatic carbocycles. The zero-order chi connectivity index (χ0) is 7.28. The van der Waals surface area contributed by atoms with Crippen molar-refractivity contribution in [1.82, 2.24) is 5.01 Å². The Labute approximate surface area is 56.9 Å². The van der Waals surface area contributed by atoms with Crippen molar-refractivity contribution >= 4 is 6.21 Å². The Morgan fingerprint density at radius 1 is 1.56 bits per heavy atom. The lowest BCUT2D eigenvalue weighted by Crippen LogP contribution is -2.01. The third kappa shape index (κ3) is 5.07. The minimum Gasteiger partial charge on any atom is -0.277 e. The van der Waals surface area contributed by atoms with Gasteiger partial charge < -0.3 is 0 Å². The van der Waals surface area contributed by atoms with Crippen LogP contribution in [0.2, 0.25) is 0 Å². The second-order valence-corrected chi connectivity index (χ2v) is 2.26. The second-order valence-electron chi connectivity index (χ2n) is 2.26. The zero-order valence-corrected chi connectivity index (χ0v) is 6.33. The summed E-state index contributed by atoms with van der Waals surface area (Å²) in [5.74, 6) is 0.507. The molecule has 0 spiro atoms. The quantitative estimate of drug-likeness (QED) is 0.415. The Morgan fingerprint density at radius 2 is 2.11 bits per heavy atom. The highest BCUT2D eigenvalue weighted by molar-refractivity contribution is 5.59. The van der Waals surface area contributed by atoms with Crippen molar-refractivity contribution in [3.8, 4) is 0 Å². The third-order valence-electron chi connectivity index (χ3n) is 0.811. The van der Waals surface area contributed by atoms with E-state index in [1.807, 2.05) is 13.3 Å². The van der Waals surface area contributed by atoms with E-state index in [1.54, 1.807) is 11.2 Å². The fourth-order valence-corrected chi connectivity index (χ4v) is 0.286. The van der Waals surface area contributed by atoms with Crippen LogP contribution in [0.4, 0.5) is 0 Å². The van der Waals surface area contributed by atoms with Crippen molar-refractivity contribution in [2.45, 2.75) is 13.8 Å². The lowest BCUT2D eigenvalue weighted by molar-refractivity contribution is 0.491. The maximum Gasteiger partial charge on any atom is 0.0296 e. The van der Waals surface area contributed by atoms with Crippen LogP contribution < -0.4 is 0 Å². The van der Waals surface area contributed by atoms with Gasteiger partial charge >= 0.3 is 0 Å². The van der Waals surface area contributed by atoms with Gasteiger partial charge in [0.2, 0.25) is 0 Å². The molecule has 0 fully saturated rings. The van der Waals surface area contributed by atoms with Crippen molar-refractivity contribution in [1.29, 1.82) is 0 Å². The molecule has 0 rings (SSSR count). The smallest absolute Gasteiger partial charge is 0.0296 e. The summed E-state index contributed by atoms with van der Waals surface area (Å²) in [7, 11) is 1.85. The molecule has 0 amide bonds. The average Bonchev–Trinajstić information content (AvgIpc) is 1.83. The molecule has 0 atom stereocenters. The lowest BCUT2D eigenvalue weighted by Gasteiger charge is -2.04. The maximum absolute atomic E-state index is 4.03. The van der Waals surface area contributed by atoms with E-state index in [-0.39, 0.29) is 0 Å². The van der Waals surface area contributed by atoms with Crippen molar-refractivity contribution in [3.63, 3.8) is 0 Å². The molecular weight excluding hydrogens is 112 g/mol. The molecular formula is C7H14N2. The highest BCUT2D eigenvalue weighted by Gasteiger charge is 1.84. The Hall–Kier alpha value is -0.790. The summed E-state index contributed by atoms with van der Waals surface area (Å²) in [6, 6.07) is 0. The first-order chi connectivity index (χ1) is 4.16. The van der Waals surface area contributed by atoms with E-state index in [4.69, 9.17) is 0 Å². The summed E-state index contributed by atoms with van der Waals surface area (Å²) in [4.78, 5) is 0. The van der Waals surface area contributed by atoms with Crippen LogP contribution in [0.5, 0.6) is 0 Å². The van der Waals surface area contributed by atoms with Crippen LogP contribution in [0.3, 0.4) is 0 Å². The zero-order valence-electron chi connectivity index (χ0n) is 6.33. The predicted molar refractivity (Wildman–Crippen MR) is 41.3 cm³/mol. The minimum atomic E-state index is 0.507.